The molecular weight excluding hydrogens is 288 g/mol. The quantitative estimate of drug-likeness (QED) is 0.305. The van der Waals surface area contributed by atoms with Crippen molar-refractivity contribution in [1.82, 2.24) is 0 Å². The third-order valence-electron chi connectivity index (χ3n) is 4.36. The van der Waals surface area contributed by atoms with E-state index in [1.54, 1.807) is 0 Å². The zero-order chi connectivity index (χ0) is 16.6. The highest BCUT2D eigenvalue weighted by Gasteiger charge is 2.28. The lowest BCUT2D eigenvalue weighted by molar-refractivity contribution is -0.306. The summed E-state index contributed by atoms with van der Waals surface area (Å²) in [7, 11) is 0. The lowest BCUT2D eigenvalue weighted by Gasteiger charge is -2.25. The van der Waals surface area contributed by atoms with Crippen LogP contribution in [-0.4, -0.2) is 36.9 Å². The molecule has 0 spiro atoms. The van der Waals surface area contributed by atoms with Crippen molar-refractivity contribution in [1.29, 1.82) is 0 Å². The zero-order valence-corrected chi connectivity index (χ0v) is 13.8. The summed E-state index contributed by atoms with van der Waals surface area (Å²) in [6, 6.07) is 0. The molecule has 0 aromatic heterocycles. The molecule has 0 saturated heterocycles. The van der Waals surface area contributed by atoms with Crippen LogP contribution < -0.4 is 0 Å². The number of carboxylic acids is 1. The van der Waals surface area contributed by atoms with Gasteiger partial charge in [0.05, 0.1) is 17.9 Å². The first-order valence-electron chi connectivity index (χ1n) is 8.01. The Labute approximate surface area is 132 Å². The van der Waals surface area contributed by atoms with Crippen molar-refractivity contribution >= 4 is 11.9 Å². The van der Waals surface area contributed by atoms with E-state index < -0.39 is 11.4 Å². The smallest absolute Gasteiger partial charge is 0.311 e. The van der Waals surface area contributed by atoms with Gasteiger partial charge >= 0.3 is 11.9 Å². The van der Waals surface area contributed by atoms with Gasteiger partial charge in [0.15, 0.2) is 0 Å². The first kappa shape index (κ1) is 18.9. The largest absolute Gasteiger partial charge is 0.481 e. The number of carbonyl (C=O) groups excluding carboxylic acids is 1. The van der Waals surface area contributed by atoms with Crippen molar-refractivity contribution < 1.29 is 29.2 Å². The Morgan fingerprint density at radius 3 is 2.55 bits per heavy atom. The number of ether oxygens (including phenoxy) is 1. The Kier molecular flexibility index (Phi) is 7.82. The minimum Gasteiger partial charge on any atom is -0.481 e. The van der Waals surface area contributed by atoms with Crippen LogP contribution in [-0.2, 0) is 24.1 Å². The maximum absolute atomic E-state index is 11.7. The van der Waals surface area contributed by atoms with Gasteiger partial charge < -0.3 is 9.84 Å². The average Bonchev–Trinajstić information content (AvgIpc) is 2.50. The molecule has 0 heterocycles. The second-order valence-electron chi connectivity index (χ2n) is 6.55. The van der Waals surface area contributed by atoms with Gasteiger partial charge in [0.25, 0.3) is 0 Å². The first-order chi connectivity index (χ1) is 10.4. The van der Waals surface area contributed by atoms with Gasteiger partial charge in [-0.1, -0.05) is 13.3 Å². The van der Waals surface area contributed by atoms with E-state index >= 15 is 0 Å². The van der Waals surface area contributed by atoms with Crippen molar-refractivity contribution in [3.8, 4) is 0 Å². The maximum atomic E-state index is 11.7. The molecule has 0 amide bonds. The molecule has 2 unspecified atom stereocenters. The van der Waals surface area contributed by atoms with Crippen LogP contribution in [0.15, 0.2) is 0 Å². The predicted octanol–water partition coefficient (Wildman–Crippen LogP) is 2.81. The Balaban J connectivity index is 2.08. The molecule has 0 radical (unpaired) electrons. The second kappa shape index (κ2) is 9.10. The molecule has 1 fully saturated rings. The van der Waals surface area contributed by atoms with Crippen molar-refractivity contribution in [2.24, 2.45) is 17.3 Å². The molecule has 0 aromatic rings. The summed E-state index contributed by atoms with van der Waals surface area (Å²) in [6.07, 6.45) is 3.98. The highest BCUT2D eigenvalue weighted by Crippen LogP contribution is 2.29. The van der Waals surface area contributed by atoms with Gasteiger partial charge in [-0.25, -0.2) is 9.78 Å². The van der Waals surface area contributed by atoms with Crippen LogP contribution in [0.25, 0.3) is 0 Å². The van der Waals surface area contributed by atoms with Gasteiger partial charge in [-0.05, 0) is 45.4 Å². The summed E-state index contributed by atoms with van der Waals surface area (Å²) >= 11 is 0. The van der Waals surface area contributed by atoms with E-state index in [2.05, 4.69) is 0 Å². The number of hydrogen-bond acceptors (Lipinski definition) is 5. The molecule has 6 nitrogen and oxygen atoms in total. The van der Waals surface area contributed by atoms with Gasteiger partial charge in [-0.15, -0.1) is 0 Å². The molecule has 1 aliphatic carbocycles. The van der Waals surface area contributed by atoms with Gasteiger partial charge in [-0.3, -0.25) is 9.59 Å². The van der Waals surface area contributed by atoms with Crippen molar-refractivity contribution in [3.63, 3.8) is 0 Å². The van der Waals surface area contributed by atoms with Crippen molar-refractivity contribution in [3.05, 3.63) is 0 Å². The second-order valence-corrected chi connectivity index (χ2v) is 6.55. The molecule has 1 rings (SSSR count). The lowest BCUT2D eigenvalue weighted by atomic mass is 9.82. The Morgan fingerprint density at radius 1 is 1.18 bits per heavy atom. The van der Waals surface area contributed by atoms with Crippen LogP contribution in [0.4, 0.5) is 0 Å². The summed E-state index contributed by atoms with van der Waals surface area (Å²) in [5.41, 5.74) is -0.477. The van der Waals surface area contributed by atoms with E-state index in [1.807, 2.05) is 20.8 Å². The molecule has 0 bridgehead atoms. The van der Waals surface area contributed by atoms with Crippen molar-refractivity contribution in [2.75, 3.05) is 19.8 Å². The Hall–Kier alpha value is -1.14. The molecular formula is C16H28O6. The third kappa shape index (κ3) is 6.32. The fourth-order valence-corrected chi connectivity index (χ4v) is 2.38. The summed E-state index contributed by atoms with van der Waals surface area (Å²) in [6.45, 7) is 6.35. The number of carboxylic acid groups (broad SMARTS) is 1. The van der Waals surface area contributed by atoms with E-state index in [0.717, 1.165) is 25.7 Å². The number of rotatable bonds is 9. The third-order valence-corrected chi connectivity index (χ3v) is 4.36. The summed E-state index contributed by atoms with van der Waals surface area (Å²) < 4.78 is 5.12. The average molecular weight is 316 g/mol. The van der Waals surface area contributed by atoms with E-state index in [9.17, 15) is 9.59 Å². The fourth-order valence-electron chi connectivity index (χ4n) is 2.38. The zero-order valence-electron chi connectivity index (χ0n) is 13.8. The molecule has 2 atom stereocenters. The van der Waals surface area contributed by atoms with E-state index in [1.165, 1.54) is 0 Å². The molecule has 6 heteroatoms. The van der Waals surface area contributed by atoms with Crippen LogP contribution in [0.1, 0.15) is 52.9 Å². The minimum absolute atomic E-state index is 0.157. The number of carbonyl (C=O) groups is 2. The molecule has 0 aromatic carbocycles. The lowest BCUT2D eigenvalue weighted by Crippen LogP contribution is -2.27. The van der Waals surface area contributed by atoms with Crippen LogP contribution in [0, 0.1) is 17.3 Å². The molecule has 128 valence electrons. The van der Waals surface area contributed by atoms with Crippen molar-refractivity contribution in [2.45, 2.75) is 52.9 Å². The highest BCUT2D eigenvalue weighted by atomic mass is 17.2. The minimum atomic E-state index is -0.726. The van der Waals surface area contributed by atoms with Crippen LogP contribution >= 0.6 is 0 Å². The SMILES string of the molecule is CCC(C)(C)C(=O)OCCOOCC1CCCC(C(=O)O)C1. The predicted molar refractivity (Wildman–Crippen MR) is 80.0 cm³/mol. The van der Waals surface area contributed by atoms with Gasteiger partial charge in [0.2, 0.25) is 0 Å². The standard InChI is InChI=1S/C16H28O6/c1-4-16(2,3)15(19)20-8-9-21-22-11-12-6-5-7-13(10-12)14(17)18/h12-13H,4-11H2,1-3H3,(H,17,18). The maximum Gasteiger partial charge on any atom is 0.311 e. The highest BCUT2D eigenvalue weighted by molar-refractivity contribution is 5.75. The van der Waals surface area contributed by atoms with E-state index in [0.29, 0.717) is 13.0 Å². The molecule has 0 aliphatic heterocycles. The summed E-state index contributed by atoms with van der Waals surface area (Å²) in [5.74, 6) is -1.01. The van der Waals surface area contributed by atoms with Crippen LogP contribution in [0.5, 0.6) is 0 Å². The van der Waals surface area contributed by atoms with Gasteiger partial charge in [-0.2, -0.15) is 0 Å². The monoisotopic (exact) mass is 316 g/mol. The Bertz CT molecular complexity index is 366. The van der Waals surface area contributed by atoms with Crippen LogP contribution in [0.3, 0.4) is 0 Å². The number of aliphatic carboxylic acids is 1. The van der Waals surface area contributed by atoms with Gasteiger partial charge in [0.1, 0.15) is 13.2 Å². The number of hydrogen-bond donors (Lipinski definition) is 1. The number of esters is 1. The molecule has 22 heavy (non-hydrogen) atoms. The van der Waals surface area contributed by atoms with E-state index in [-0.39, 0.29) is 31.0 Å². The normalized spacial score (nSPS) is 22.3. The summed E-state index contributed by atoms with van der Waals surface area (Å²) in [4.78, 5) is 32.8. The molecule has 1 aliphatic rings. The Morgan fingerprint density at radius 2 is 1.91 bits per heavy atom. The van der Waals surface area contributed by atoms with E-state index in [4.69, 9.17) is 19.6 Å². The van der Waals surface area contributed by atoms with Gasteiger partial charge in [0, 0.05) is 0 Å². The fraction of sp³-hybridized carbons (Fsp3) is 0.875. The molecule has 1 N–H and O–H groups in total. The first-order valence-corrected chi connectivity index (χ1v) is 8.01. The topological polar surface area (TPSA) is 82.1 Å². The van der Waals surface area contributed by atoms with Crippen LogP contribution in [0.2, 0.25) is 0 Å². The molecule has 1 saturated carbocycles. The summed E-state index contributed by atoms with van der Waals surface area (Å²) in [5, 5.41) is 9.02.